The molecular weight excluding hydrogens is 472 g/mol. The summed E-state index contributed by atoms with van der Waals surface area (Å²) in [4.78, 5) is 25.7. The van der Waals surface area contributed by atoms with Gasteiger partial charge in [-0.05, 0) is 84.9 Å². The molecule has 0 radical (unpaired) electrons. The lowest BCUT2D eigenvalue weighted by Gasteiger charge is -2.07. The Bertz CT molecular complexity index is 1670. The van der Waals surface area contributed by atoms with Crippen LogP contribution < -0.4 is 10.6 Å². The van der Waals surface area contributed by atoms with E-state index in [1.54, 1.807) is 0 Å². The number of nitrogens with one attached hydrogen (secondary N) is 4. The number of pyridine rings is 2. The molecule has 4 aromatic heterocycles. The van der Waals surface area contributed by atoms with Crippen LogP contribution in [0, 0.1) is 0 Å². The molecule has 4 N–H and O–H groups in total. The van der Waals surface area contributed by atoms with Gasteiger partial charge in [-0.3, -0.25) is 0 Å². The quantitative estimate of drug-likeness (QED) is 0.252. The van der Waals surface area contributed by atoms with E-state index in [-0.39, 0.29) is 0 Å². The molecule has 0 amide bonds. The number of H-pyrrole nitrogens is 2. The van der Waals surface area contributed by atoms with Crippen molar-refractivity contribution in [3.63, 3.8) is 0 Å². The summed E-state index contributed by atoms with van der Waals surface area (Å²) in [5, 5.41) is 9.39. The zero-order valence-electron chi connectivity index (χ0n) is 21.0. The molecule has 0 bridgehead atoms. The Morgan fingerprint density at radius 1 is 0.579 bits per heavy atom. The van der Waals surface area contributed by atoms with Crippen LogP contribution in [0.25, 0.3) is 55.4 Å². The highest BCUT2D eigenvalue weighted by molar-refractivity contribution is 5.92. The highest BCUT2D eigenvalue weighted by atomic mass is 15.1. The Morgan fingerprint density at radius 3 is 1.53 bits per heavy atom. The summed E-state index contributed by atoms with van der Waals surface area (Å²) >= 11 is 0. The minimum Gasteiger partial charge on any atom is -0.339 e. The van der Waals surface area contributed by atoms with E-state index in [4.69, 9.17) is 9.97 Å². The van der Waals surface area contributed by atoms with Crippen molar-refractivity contribution >= 4 is 33.1 Å². The molecule has 2 aliphatic heterocycles. The molecule has 188 valence electrons. The highest BCUT2D eigenvalue weighted by Crippen LogP contribution is 2.31. The van der Waals surface area contributed by atoms with E-state index in [0.717, 1.165) is 82.2 Å². The van der Waals surface area contributed by atoms with Crippen molar-refractivity contribution in [2.24, 2.45) is 0 Å². The number of imidazole rings is 2. The van der Waals surface area contributed by atoms with Crippen molar-refractivity contribution in [1.29, 1.82) is 0 Å². The number of hydrogen-bond donors (Lipinski definition) is 4. The van der Waals surface area contributed by atoms with Crippen molar-refractivity contribution < 1.29 is 0 Å². The topological polar surface area (TPSA) is 107 Å². The zero-order chi connectivity index (χ0) is 25.1. The molecule has 2 aromatic carbocycles. The van der Waals surface area contributed by atoms with Gasteiger partial charge in [-0.15, -0.1) is 0 Å². The van der Waals surface area contributed by atoms with Crippen LogP contribution in [-0.4, -0.2) is 43.0 Å². The first kappa shape index (κ1) is 21.9. The fourth-order valence-corrected chi connectivity index (χ4v) is 5.92. The van der Waals surface area contributed by atoms with Gasteiger partial charge in [0.15, 0.2) is 11.3 Å². The maximum atomic E-state index is 4.71. The molecule has 6 aromatic rings. The summed E-state index contributed by atoms with van der Waals surface area (Å²) in [6, 6.07) is 18.1. The molecule has 0 spiro atoms. The van der Waals surface area contributed by atoms with Crippen molar-refractivity contribution in [3.8, 4) is 22.3 Å². The highest BCUT2D eigenvalue weighted by Gasteiger charge is 2.21. The zero-order valence-corrected chi connectivity index (χ0v) is 21.0. The number of rotatable bonds is 4. The second-order valence-corrected chi connectivity index (χ2v) is 10.5. The van der Waals surface area contributed by atoms with Crippen LogP contribution in [0.2, 0.25) is 0 Å². The Kier molecular flexibility index (Phi) is 5.02. The lowest BCUT2D eigenvalue weighted by Crippen LogP contribution is -2.14. The third-order valence-corrected chi connectivity index (χ3v) is 8.00. The second-order valence-electron chi connectivity index (χ2n) is 10.5. The molecule has 0 saturated carbocycles. The van der Waals surface area contributed by atoms with E-state index < -0.39 is 0 Å². The molecular formula is C30H28N8. The smallest absolute Gasteiger partial charge is 0.177 e. The van der Waals surface area contributed by atoms with Crippen LogP contribution in [0.5, 0.6) is 0 Å². The second kappa shape index (κ2) is 8.72. The molecule has 6 heterocycles. The number of nitrogens with zero attached hydrogens (tertiary/aromatic N) is 4. The maximum absolute atomic E-state index is 4.71. The summed E-state index contributed by atoms with van der Waals surface area (Å²) in [6.07, 6.45) is 8.45. The average Bonchev–Trinajstić information content (AvgIpc) is 3.77. The summed E-state index contributed by atoms with van der Waals surface area (Å²) in [7, 11) is 0. The fourth-order valence-electron chi connectivity index (χ4n) is 5.92. The van der Waals surface area contributed by atoms with E-state index in [2.05, 4.69) is 79.1 Å². The standard InChI is InChI=1S/C30H28N8/c1-3-23(31-9-1)29-35-25-13-21(15-33-27(25)37-29)19-7-5-18-12-20(8-6-17(18)11-19)22-14-26-28(34-16-22)38-30(36-26)24-4-2-10-32-24/h5-8,11-16,23-24,31-32H,1-4,9-10H2,(H,33,35,37)(H,34,36,38). The van der Waals surface area contributed by atoms with Gasteiger partial charge in [-0.2, -0.15) is 0 Å². The van der Waals surface area contributed by atoms with Crippen LogP contribution in [0.3, 0.4) is 0 Å². The molecule has 8 nitrogen and oxygen atoms in total. The van der Waals surface area contributed by atoms with Gasteiger partial charge in [0.05, 0.1) is 23.1 Å². The van der Waals surface area contributed by atoms with Gasteiger partial charge in [-0.1, -0.05) is 24.3 Å². The van der Waals surface area contributed by atoms with Crippen molar-refractivity contribution in [2.45, 2.75) is 37.8 Å². The molecule has 2 fully saturated rings. The third kappa shape index (κ3) is 3.76. The molecule has 2 unspecified atom stereocenters. The van der Waals surface area contributed by atoms with E-state index in [9.17, 15) is 0 Å². The minimum atomic E-state index is 0.304. The van der Waals surface area contributed by atoms with Gasteiger partial charge in [0, 0.05) is 23.5 Å². The fraction of sp³-hybridized carbons (Fsp3) is 0.267. The summed E-state index contributed by atoms with van der Waals surface area (Å²) < 4.78 is 0. The average molecular weight is 501 g/mol. The Labute approximate surface area is 219 Å². The monoisotopic (exact) mass is 500 g/mol. The van der Waals surface area contributed by atoms with Crippen molar-refractivity contribution in [1.82, 2.24) is 40.5 Å². The van der Waals surface area contributed by atoms with Crippen LogP contribution in [0.15, 0.2) is 60.9 Å². The van der Waals surface area contributed by atoms with Crippen LogP contribution in [-0.2, 0) is 0 Å². The van der Waals surface area contributed by atoms with Gasteiger partial charge in [-0.25, -0.2) is 19.9 Å². The maximum Gasteiger partial charge on any atom is 0.177 e. The van der Waals surface area contributed by atoms with Crippen LogP contribution in [0.4, 0.5) is 0 Å². The molecule has 8 rings (SSSR count). The molecule has 2 aliphatic rings. The Hall–Kier alpha value is -4.14. The number of hydrogen-bond acceptors (Lipinski definition) is 6. The van der Waals surface area contributed by atoms with Crippen molar-refractivity contribution in [3.05, 3.63) is 72.6 Å². The van der Waals surface area contributed by atoms with E-state index in [1.807, 2.05) is 12.4 Å². The van der Waals surface area contributed by atoms with E-state index in [1.165, 1.54) is 23.6 Å². The normalized spacial score (nSPS) is 19.8. The van der Waals surface area contributed by atoms with Gasteiger partial charge < -0.3 is 20.6 Å². The number of aromatic amines is 2. The Balaban J connectivity index is 1.10. The molecule has 2 atom stereocenters. The predicted octanol–water partition coefficient (Wildman–Crippen LogP) is 5.57. The first-order chi connectivity index (χ1) is 18.8. The molecule has 8 heteroatoms. The first-order valence-electron chi connectivity index (χ1n) is 13.5. The SMILES string of the molecule is c1cc2cc(-c3cnc4nc(C5CCCN5)[nH]c4c3)ccc2cc1-c1cnc2nc(C3CCCN3)[nH]c2c1. The number of benzene rings is 2. The Morgan fingerprint density at radius 2 is 1.08 bits per heavy atom. The summed E-state index contributed by atoms with van der Waals surface area (Å²) in [5.41, 5.74) is 7.96. The summed E-state index contributed by atoms with van der Waals surface area (Å²) in [6.45, 7) is 2.10. The van der Waals surface area contributed by atoms with Gasteiger partial charge in [0.1, 0.15) is 11.6 Å². The molecule has 2 saturated heterocycles. The lowest BCUT2D eigenvalue weighted by atomic mass is 9.99. The molecule has 38 heavy (non-hydrogen) atoms. The molecule has 0 aliphatic carbocycles. The van der Waals surface area contributed by atoms with Gasteiger partial charge in [0.25, 0.3) is 0 Å². The lowest BCUT2D eigenvalue weighted by molar-refractivity contribution is 0.614. The first-order valence-corrected chi connectivity index (χ1v) is 13.5. The van der Waals surface area contributed by atoms with Gasteiger partial charge >= 0.3 is 0 Å². The van der Waals surface area contributed by atoms with E-state index >= 15 is 0 Å². The minimum absolute atomic E-state index is 0.304. The van der Waals surface area contributed by atoms with Crippen LogP contribution in [0.1, 0.15) is 49.4 Å². The van der Waals surface area contributed by atoms with Crippen LogP contribution >= 0.6 is 0 Å². The van der Waals surface area contributed by atoms with Gasteiger partial charge in [0.2, 0.25) is 0 Å². The summed E-state index contributed by atoms with van der Waals surface area (Å²) in [5.74, 6) is 1.98. The largest absolute Gasteiger partial charge is 0.339 e. The van der Waals surface area contributed by atoms with Crippen molar-refractivity contribution in [2.75, 3.05) is 13.1 Å². The van der Waals surface area contributed by atoms with E-state index in [0.29, 0.717) is 12.1 Å². The third-order valence-electron chi connectivity index (χ3n) is 8.00. The number of fused-ring (bicyclic) bond motifs is 3. The predicted molar refractivity (Wildman–Crippen MR) is 150 cm³/mol. The number of aromatic nitrogens is 6.